The predicted octanol–water partition coefficient (Wildman–Crippen LogP) is 4.05. The van der Waals surface area contributed by atoms with Crippen LogP contribution in [0.2, 0.25) is 0 Å². The first-order chi connectivity index (χ1) is 10.9. The average molecular weight is 313 g/mol. The van der Waals surface area contributed by atoms with Crippen molar-refractivity contribution in [1.82, 2.24) is 5.32 Å². The van der Waals surface area contributed by atoms with Crippen molar-refractivity contribution in [2.45, 2.75) is 51.7 Å². The molecule has 0 saturated heterocycles. The van der Waals surface area contributed by atoms with Gasteiger partial charge in [-0.15, -0.1) is 0 Å². The third kappa shape index (κ3) is 4.15. The van der Waals surface area contributed by atoms with E-state index in [0.717, 1.165) is 18.6 Å². The van der Waals surface area contributed by atoms with Gasteiger partial charge in [0.15, 0.2) is 5.76 Å². The van der Waals surface area contributed by atoms with E-state index in [-0.39, 0.29) is 11.3 Å². The summed E-state index contributed by atoms with van der Waals surface area (Å²) >= 11 is 0. The maximum atomic E-state index is 11.9. The van der Waals surface area contributed by atoms with Gasteiger partial charge in [-0.1, -0.05) is 32.9 Å². The minimum Gasteiger partial charge on any atom is -0.486 e. The molecule has 1 heterocycles. The van der Waals surface area contributed by atoms with Crippen molar-refractivity contribution in [1.29, 1.82) is 0 Å². The highest BCUT2D eigenvalue weighted by molar-refractivity contribution is 5.91. The number of amides is 1. The largest absolute Gasteiger partial charge is 0.486 e. The number of hydrogen-bond donors (Lipinski definition) is 1. The highest BCUT2D eigenvalue weighted by Crippen LogP contribution is 2.25. The second kappa shape index (κ2) is 6.11. The summed E-state index contributed by atoms with van der Waals surface area (Å²) in [7, 11) is 0. The molecule has 0 bridgehead atoms. The van der Waals surface area contributed by atoms with Gasteiger partial charge >= 0.3 is 0 Å². The molecule has 0 spiro atoms. The Morgan fingerprint density at radius 3 is 2.48 bits per heavy atom. The maximum absolute atomic E-state index is 11.9. The van der Waals surface area contributed by atoms with Gasteiger partial charge in [0.05, 0.1) is 0 Å². The molecule has 3 rings (SSSR count). The summed E-state index contributed by atoms with van der Waals surface area (Å²) in [6.07, 6.45) is 2.12. The third-order valence-electron chi connectivity index (χ3n) is 3.90. The molecule has 0 radical (unpaired) electrons. The summed E-state index contributed by atoms with van der Waals surface area (Å²) in [4.78, 5) is 11.9. The van der Waals surface area contributed by atoms with E-state index in [4.69, 9.17) is 9.15 Å². The lowest BCUT2D eigenvalue weighted by Crippen LogP contribution is -2.24. The maximum Gasteiger partial charge on any atom is 0.287 e. The predicted molar refractivity (Wildman–Crippen MR) is 88.7 cm³/mol. The van der Waals surface area contributed by atoms with Crippen LogP contribution in [-0.4, -0.2) is 11.9 Å². The molecular weight excluding hydrogens is 290 g/mol. The first-order valence-corrected chi connectivity index (χ1v) is 8.05. The quantitative estimate of drug-likeness (QED) is 0.906. The summed E-state index contributed by atoms with van der Waals surface area (Å²) in [6, 6.07) is 11.9. The van der Waals surface area contributed by atoms with Crippen LogP contribution in [0, 0.1) is 0 Å². The van der Waals surface area contributed by atoms with Crippen LogP contribution in [0.4, 0.5) is 0 Å². The Morgan fingerprint density at radius 2 is 1.87 bits per heavy atom. The van der Waals surface area contributed by atoms with Crippen LogP contribution in [-0.2, 0) is 12.0 Å². The number of carbonyl (C=O) groups is 1. The molecule has 1 amide bonds. The van der Waals surface area contributed by atoms with Crippen molar-refractivity contribution in [3.63, 3.8) is 0 Å². The Labute approximate surface area is 136 Å². The average Bonchev–Trinajstić information content (AvgIpc) is 3.19. The van der Waals surface area contributed by atoms with Crippen molar-refractivity contribution in [3.05, 3.63) is 53.5 Å². The normalized spacial score (nSPS) is 14.6. The zero-order valence-corrected chi connectivity index (χ0v) is 13.9. The van der Waals surface area contributed by atoms with E-state index >= 15 is 0 Å². The molecule has 1 aromatic carbocycles. The first-order valence-electron chi connectivity index (χ1n) is 8.05. The second-order valence-electron chi connectivity index (χ2n) is 7.08. The standard InChI is InChI=1S/C19H23NO3/c1-19(2,3)13-4-8-15(9-5-13)22-12-16-10-11-17(23-16)18(21)20-14-6-7-14/h4-5,8-11,14H,6-7,12H2,1-3H3,(H,20,21). The highest BCUT2D eigenvalue weighted by Gasteiger charge is 2.25. The molecule has 0 aliphatic heterocycles. The second-order valence-corrected chi connectivity index (χ2v) is 7.08. The van der Waals surface area contributed by atoms with Crippen LogP contribution in [0.5, 0.6) is 5.75 Å². The van der Waals surface area contributed by atoms with Gasteiger partial charge in [-0.2, -0.15) is 0 Å². The number of furan rings is 1. The molecule has 4 heteroatoms. The number of benzene rings is 1. The Bertz CT molecular complexity index is 675. The molecule has 4 nitrogen and oxygen atoms in total. The van der Waals surface area contributed by atoms with E-state index in [1.54, 1.807) is 12.1 Å². The van der Waals surface area contributed by atoms with Gasteiger partial charge < -0.3 is 14.5 Å². The number of carbonyl (C=O) groups excluding carboxylic acids is 1. The molecule has 0 atom stereocenters. The van der Waals surface area contributed by atoms with Crippen molar-refractivity contribution >= 4 is 5.91 Å². The van der Waals surface area contributed by atoms with Gasteiger partial charge in [0.2, 0.25) is 0 Å². The summed E-state index contributed by atoms with van der Waals surface area (Å²) in [5.41, 5.74) is 1.39. The van der Waals surface area contributed by atoms with E-state index in [2.05, 4.69) is 38.2 Å². The molecular formula is C19H23NO3. The van der Waals surface area contributed by atoms with Crippen LogP contribution >= 0.6 is 0 Å². The minimum atomic E-state index is -0.145. The summed E-state index contributed by atoms with van der Waals surface area (Å²) < 4.78 is 11.3. The minimum absolute atomic E-state index is 0.128. The number of hydrogen-bond acceptors (Lipinski definition) is 3. The lowest BCUT2D eigenvalue weighted by molar-refractivity contribution is 0.0919. The Morgan fingerprint density at radius 1 is 1.17 bits per heavy atom. The number of nitrogens with one attached hydrogen (secondary N) is 1. The van der Waals surface area contributed by atoms with Gasteiger partial charge in [0.1, 0.15) is 18.1 Å². The van der Waals surface area contributed by atoms with Crippen LogP contribution in [0.1, 0.15) is 55.5 Å². The summed E-state index contributed by atoms with van der Waals surface area (Å²) in [6.45, 7) is 6.85. The molecule has 0 unspecified atom stereocenters. The number of rotatable bonds is 5. The number of ether oxygens (including phenoxy) is 1. The molecule has 2 aromatic rings. The smallest absolute Gasteiger partial charge is 0.287 e. The van der Waals surface area contributed by atoms with Crippen molar-refractivity contribution in [3.8, 4) is 5.75 Å². The Balaban J connectivity index is 1.55. The topological polar surface area (TPSA) is 51.5 Å². The van der Waals surface area contributed by atoms with Gasteiger partial charge in [-0.3, -0.25) is 4.79 Å². The van der Waals surface area contributed by atoms with Crippen molar-refractivity contribution in [2.24, 2.45) is 0 Å². The van der Waals surface area contributed by atoms with Crippen LogP contribution < -0.4 is 10.1 Å². The van der Waals surface area contributed by atoms with Crippen LogP contribution in [0.15, 0.2) is 40.8 Å². The monoisotopic (exact) mass is 313 g/mol. The van der Waals surface area contributed by atoms with Gasteiger partial charge in [0.25, 0.3) is 5.91 Å². The van der Waals surface area contributed by atoms with E-state index in [0.29, 0.717) is 24.2 Å². The highest BCUT2D eigenvalue weighted by atomic mass is 16.5. The fourth-order valence-electron chi connectivity index (χ4n) is 2.27. The molecule has 1 aliphatic rings. The summed E-state index contributed by atoms with van der Waals surface area (Å²) in [5, 5.41) is 2.90. The Kier molecular flexibility index (Phi) is 4.16. The van der Waals surface area contributed by atoms with E-state index < -0.39 is 0 Å². The zero-order valence-electron chi connectivity index (χ0n) is 13.9. The molecule has 1 fully saturated rings. The van der Waals surface area contributed by atoms with E-state index in [9.17, 15) is 4.79 Å². The Hall–Kier alpha value is -2.23. The van der Waals surface area contributed by atoms with Gasteiger partial charge in [-0.25, -0.2) is 0 Å². The fraction of sp³-hybridized carbons (Fsp3) is 0.421. The lowest BCUT2D eigenvalue weighted by Gasteiger charge is -2.19. The van der Waals surface area contributed by atoms with Crippen molar-refractivity contribution in [2.75, 3.05) is 0 Å². The van der Waals surface area contributed by atoms with Crippen LogP contribution in [0.25, 0.3) is 0 Å². The SMILES string of the molecule is CC(C)(C)c1ccc(OCc2ccc(C(=O)NC3CC3)o2)cc1. The van der Waals surface area contributed by atoms with Gasteiger partial charge in [0, 0.05) is 6.04 Å². The van der Waals surface area contributed by atoms with E-state index in [1.165, 1.54) is 5.56 Å². The molecule has 23 heavy (non-hydrogen) atoms. The summed E-state index contributed by atoms with van der Waals surface area (Å²) in [5.74, 6) is 1.64. The van der Waals surface area contributed by atoms with E-state index in [1.807, 2.05) is 12.1 Å². The molecule has 122 valence electrons. The lowest BCUT2D eigenvalue weighted by atomic mass is 9.87. The molecule has 1 aromatic heterocycles. The molecule has 1 aliphatic carbocycles. The van der Waals surface area contributed by atoms with Crippen LogP contribution in [0.3, 0.4) is 0 Å². The zero-order chi connectivity index (χ0) is 16.4. The molecule has 1 saturated carbocycles. The fourth-order valence-corrected chi connectivity index (χ4v) is 2.27. The van der Waals surface area contributed by atoms with Crippen molar-refractivity contribution < 1.29 is 13.9 Å². The molecule has 1 N–H and O–H groups in total. The van der Waals surface area contributed by atoms with Gasteiger partial charge in [-0.05, 0) is 48.1 Å². The first kappa shape index (κ1) is 15.7. The third-order valence-corrected chi connectivity index (χ3v) is 3.90.